The number of aliphatic imine (C=N–C) groups is 2. The average molecular weight is 191 g/mol. The molecule has 0 spiro atoms. The molecule has 0 aliphatic carbocycles. The molecule has 3 nitrogen and oxygen atoms in total. The van der Waals surface area contributed by atoms with E-state index in [-0.39, 0.29) is 12.2 Å². The zero-order chi connectivity index (χ0) is 10.3. The zero-order valence-corrected chi connectivity index (χ0v) is 9.28. The molecule has 0 saturated heterocycles. The standard InChI is InChI=1S/C11H17N3/c1-5-9-13-10-7(2)6-8(3)12-11(10)14(9)4/h6,10-11H,5H2,1-4H3. The van der Waals surface area contributed by atoms with Gasteiger partial charge in [-0.1, -0.05) is 6.92 Å². The second-order valence-corrected chi connectivity index (χ2v) is 4.03. The van der Waals surface area contributed by atoms with E-state index >= 15 is 0 Å². The first-order valence-electron chi connectivity index (χ1n) is 5.15. The third kappa shape index (κ3) is 1.27. The summed E-state index contributed by atoms with van der Waals surface area (Å²) in [6.45, 7) is 6.34. The van der Waals surface area contributed by atoms with E-state index in [1.165, 1.54) is 11.4 Å². The molecule has 2 rings (SSSR count). The second kappa shape index (κ2) is 3.23. The van der Waals surface area contributed by atoms with Gasteiger partial charge in [0, 0.05) is 19.2 Å². The molecular weight excluding hydrogens is 174 g/mol. The van der Waals surface area contributed by atoms with Crippen LogP contribution in [-0.4, -0.2) is 35.7 Å². The smallest absolute Gasteiger partial charge is 0.148 e. The Morgan fingerprint density at radius 1 is 1.36 bits per heavy atom. The number of amidine groups is 1. The van der Waals surface area contributed by atoms with Crippen LogP contribution in [0.2, 0.25) is 0 Å². The van der Waals surface area contributed by atoms with Crippen LogP contribution in [-0.2, 0) is 0 Å². The molecule has 2 aliphatic rings. The van der Waals surface area contributed by atoms with Gasteiger partial charge < -0.3 is 4.90 Å². The Bertz CT molecular complexity index is 338. The summed E-state index contributed by atoms with van der Waals surface area (Å²) in [6, 6.07) is 0.263. The minimum Gasteiger partial charge on any atom is -0.339 e. The Hall–Kier alpha value is -1.12. The van der Waals surface area contributed by atoms with Gasteiger partial charge in [0.05, 0.1) is 0 Å². The van der Waals surface area contributed by atoms with Crippen LogP contribution >= 0.6 is 0 Å². The van der Waals surface area contributed by atoms with Crippen molar-refractivity contribution in [3.05, 3.63) is 11.6 Å². The third-order valence-electron chi connectivity index (χ3n) is 2.93. The third-order valence-corrected chi connectivity index (χ3v) is 2.93. The van der Waals surface area contributed by atoms with Crippen molar-refractivity contribution < 1.29 is 0 Å². The molecule has 2 unspecified atom stereocenters. The summed E-state index contributed by atoms with van der Waals surface area (Å²) in [5, 5.41) is 0. The fraction of sp³-hybridized carbons (Fsp3) is 0.636. The van der Waals surface area contributed by atoms with Crippen LogP contribution in [0.3, 0.4) is 0 Å². The zero-order valence-electron chi connectivity index (χ0n) is 9.28. The molecule has 0 bridgehead atoms. The molecule has 0 aromatic heterocycles. The van der Waals surface area contributed by atoms with Gasteiger partial charge in [-0.2, -0.15) is 0 Å². The normalized spacial score (nSPS) is 30.9. The summed E-state index contributed by atoms with van der Waals surface area (Å²) in [5.74, 6) is 1.17. The number of rotatable bonds is 1. The molecule has 3 heteroatoms. The number of fused-ring (bicyclic) bond motifs is 1. The molecule has 0 amide bonds. The van der Waals surface area contributed by atoms with Crippen LogP contribution in [0.4, 0.5) is 0 Å². The summed E-state index contributed by atoms with van der Waals surface area (Å²) in [5.41, 5.74) is 2.45. The molecule has 0 aromatic rings. The van der Waals surface area contributed by atoms with Crippen LogP contribution in [0.1, 0.15) is 27.2 Å². The minimum absolute atomic E-state index is 0.218. The van der Waals surface area contributed by atoms with Crippen LogP contribution in [0.15, 0.2) is 21.6 Å². The lowest BCUT2D eigenvalue weighted by molar-refractivity contribution is 0.375. The largest absolute Gasteiger partial charge is 0.339 e. The van der Waals surface area contributed by atoms with E-state index < -0.39 is 0 Å². The monoisotopic (exact) mass is 191 g/mol. The highest BCUT2D eigenvalue weighted by atomic mass is 15.3. The lowest BCUT2D eigenvalue weighted by Gasteiger charge is -2.26. The lowest BCUT2D eigenvalue weighted by atomic mass is 10.0. The Morgan fingerprint density at radius 2 is 2.07 bits per heavy atom. The van der Waals surface area contributed by atoms with Gasteiger partial charge in [0.15, 0.2) is 0 Å². The number of dihydropyridines is 1. The maximum Gasteiger partial charge on any atom is 0.148 e. The van der Waals surface area contributed by atoms with E-state index in [4.69, 9.17) is 4.99 Å². The fourth-order valence-electron chi connectivity index (χ4n) is 2.18. The first-order valence-corrected chi connectivity index (χ1v) is 5.15. The predicted molar refractivity (Wildman–Crippen MR) is 59.9 cm³/mol. The highest BCUT2D eigenvalue weighted by molar-refractivity contribution is 5.95. The lowest BCUT2D eigenvalue weighted by Crippen LogP contribution is -2.37. The molecule has 14 heavy (non-hydrogen) atoms. The fourth-order valence-corrected chi connectivity index (χ4v) is 2.18. The Kier molecular flexibility index (Phi) is 2.17. The van der Waals surface area contributed by atoms with Crippen LogP contribution in [0.25, 0.3) is 0 Å². The summed E-state index contributed by atoms with van der Waals surface area (Å²) in [6.07, 6.45) is 3.34. The van der Waals surface area contributed by atoms with Gasteiger partial charge in [-0.25, -0.2) is 0 Å². The van der Waals surface area contributed by atoms with Crippen molar-refractivity contribution in [3.63, 3.8) is 0 Å². The maximum absolute atomic E-state index is 4.69. The number of hydrogen-bond donors (Lipinski definition) is 0. The van der Waals surface area contributed by atoms with Crippen molar-refractivity contribution in [3.8, 4) is 0 Å². The van der Waals surface area contributed by atoms with E-state index in [0.29, 0.717) is 0 Å². The number of nitrogens with zero attached hydrogens (tertiary/aromatic N) is 3. The number of allylic oxidation sites excluding steroid dienone is 1. The van der Waals surface area contributed by atoms with Crippen molar-refractivity contribution in [2.45, 2.75) is 39.4 Å². The molecule has 2 heterocycles. The molecule has 0 radical (unpaired) electrons. The van der Waals surface area contributed by atoms with E-state index in [2.05, 4.69) is 43.8 Å². The highest BCUT2D eigenvalue weighted by Gasteiger charge is 2.35. The van der Waals surface area contributed by atoms with E-state index in [1.807, 2.05) is 0 Å². The topological polar surface area (TPSA) is 28.0 Å². The molecule has 76 valence electrons. The Morgan fingerprint density at radius 3 is 2.71 bits per heavy atom. The van der Waals surface area contributed by atoms with Gasteiger partial charge >= 0.3 is 0 Å². The van der Waals surface area contributed by atoms with Crippen LogP contribution in [0, 0.1) is 0 Å². The summed E-state index contributed by atoms with van der Waals surface area (Å²) in [7, 11) is 2.09. The molecular formula is C11H17N3. The van der Waals surface area contributed by atoms with Crippen LogP contribution in [0.5, 0.6) is 0 Å². The quantitative estimate of drug-likeness (QED) is 0.621. The van der Waals surface area contributed by atoms with Crippen molar-refractivity contribution in [2.75, 3.05) is 7.05 Å². The SMILES string of the molecule is CCC1=NC2C(C)=CC(C)=NC2N1C. The molecule has 0 aromatic carbocycles. The molecule has 0 saturated carbocycles. The van der Waals surface area contributed by atoms with Crippen molar-refractivity contribution in [1.82, 2.24) is 4.90 Å². The summed E-state index contributed by atoms with van der Waals surface area (Å²) in [4.78, 5) is 11.5. The van der Waals surface area contributed by atoms with Crippen molar-refractivity contribution in [2.24, 2.45) is 9.98 Å². The molecule has 2 atom stereocenters. The van der Waals surface area contributed by atoms with Crippen LogP contribution < -0.4 is 0 Å². The number of likely N-dealkylation sites (N-methyl/N-ethyl adjacent to an activating group) is 1. The average Bonchev–Trinajstić information content (AvgIpc) is 2.44. The second-order valence-electron chi connectivity index (χ2n) is 4.03. The van der Waals surface area contributed by atoms with Gasteiger partial charge in [-0.05, 0) is 25.5 Å². The van der Waals surface area contributed by atoms with Gasteiger partial charge in [0.25, 0.3) is 0 Å². The van der Waals surface area contributed by atoms with Gasteiger partial charge in [-0.15, -0.1) is 0 Å². The van der Waals surface area contributed by atoms with Gasteiger partial charge in [0.1, 0.15) is 18.0 Å². The summed E-state index contributed by atoms with van der Waals surface area (Å²) >= 11 is 0. The van der Waals surface area contributed by atoms with Crippen molar-refractivity contribution >= 4 is 11.5 Å². The van der Waals surface area contributed by atoms with E-state index in [0.717, 1.165) is 12.1 Å². The van der Waals surface area contributed by atoms with Crippen molar-refractivity contribution in [1.29, 1.82) is 0 Å². The molecule has 0 N–H and O–H groups in total. The minimum atomic E-state index is 0.218. The Labute approximate surface area is 85.2 Å². The Balaban J connectivity index is 2.34. The number of hydrogen-bond acceptors (Lipinski definition) is 3. The molecule has 2 aliphatic heterocycles. The predicted octanol–water partition coefficient (Wildman–Crippen LogP) is 1.86. The summed E-state index contributed by atoms with van der Waals surface area (Å²) < 4.78 is 0. The van der Waals surface area contributed by atoms with E-state index in [1.54, 1.807) is 0 Å². The first-order chi connectivity index (χ1) is 6.63. The van der Waals surface area contributed by atoms with Gasteiger partial charge in [-0.3, -0.25) is 9.98 Å². The highest BCUT2D eigenvalue weighted by Crippen LogP contribution is 2.27. The van der Waals surface area contributed by atoms with E-state index in [9.17, 15) is 0 Å². The maximum atomic E-state index is 4.69. The molecule has 0 fully saturated rings. The van der Waals surface area contributed by atoms with Gasteiger partial charge in [0.2, 0.25) is 0 Å². The first kappa shape index (κ1) is 9.44.